The summed E-state index contributed by atoms with van der Waals surface area (Å²) in [5.41, 5.74) is 2.52. The third kappa shape index (κ3) is 3.71. The Morgan fingerprint density at radius 3 is 2.71 bits per heavy atom. The predicted molar refractivity (Wildman–Crippen MR) is 75.4 cm³/mol. The first-order valence-corrected chi connectivity index (χ1v) is 7.67. The van der Waals surface area contributed by atoms with Gasteiger partial charge in [-0.15, -0.1) is 0 Å². The quantitative estimate of drug-likeness (QED) is 0.817. The molecule has 2 rings (SSSR count). The van der Waals surface area contributed by atoms with Gasteiger partial charge in [0.25, 0.3) is 0 Å². The summed E-state index contributed by atoms with van der Waals surface area (Å²) in [6.45, 7) is 3.15. The van der Waals surface area contributed by atoms with Gasteiger partial charge < -0.3 is 0 Å². The average molecular weight is 250 g/mol. The van der Waals surface area contributed by atoms with Crippen LogP contribution in [0.4, 0.5) is 0 Å². The molecule has 1 aliphatic rings. The van der Waals surface area contributed by atoms with E-state index in [1.807, 2.05) is 6.20 Å². The molecule has 0 amide bonds. The van der Waals surface area contributed by atoms with Gasteiger partial charge >= 0.3 is 0 Å². The molecule has 1 aliphatic heterocycles. The summed E-state index contributed by atoms with van der Waals surface area (Å²) in [7, 11) is 2.23. The summed E-state index contributed by atoms with van der Waals surface area (Å²) in [6.07, 6.45) is 5.74. The summed E-state index contributed by atoms with van der Waals surface area (Å²) < 4.78 is 0. The van der Waals surface area contributed by atoms with E-state index in [4.69, 9.17) is 0 Å². The minimum absolute atomic E-state index is 0.754. The van der Waals surface area contributed by atoms with E-state index in [0.717, 1.165) is 19.0 Å². The Kier molecular flexibility index (Phi) is 4.86. The van der Waals surface area contributed by atoms with E-state index < -0.39 is 0 Å². The molecule has 0 radical (unpaired) electrons. The van der Waals surface area contributed by atoms with Gasteiger partial charge in [0.05, 0.1) is 5.69 Å². The number of aryl methyl sites for hydroxylation is 1. The lowest BCUT2D eigenvalue weighted by Gasteiger charge is -2.30. The summed E-state index contributed by atoms with van der Waals surface area (Å²) in [4.78, 5) is 7.00. The fourth-order valence-electron chi connectivity index (χ4n) is 2.27. The maximum atomic E-state index is 4.54. The molecule has 0 aromatic carbocycles. The molecule has 1 fully saturated rings. The highest BCUT2D eigenvalue weighted by Crippen LogP contribution is 2.21. The molecule has 0 atom stereocenters. The largest absolute Gasteiger partial charge is 0.298 e. The van der Waals surface area contributed by atoms with E-state index >= 15 is 0 Å². The highest BCUT2D eigenvalue weighted by molar-refractivity contribution is 7.99. The fourth-order valence-corrected chi connectivity index (χ4v) is 3.35. The van der Waals surface area contributed by atoms with Crippen molar-refractivity contribution < 1.29 is 0 Å². The van der Waals surface area contributed by atoms with Crippen molar-refractivity contribution in [1.29, 1.82) is 0 Å². The zero-order chi connectivity index (χ0) is 12.1. The van der Waals surface area contributed by atoms with Gasteiger partial charge in [0.1, 0.15) is 0 Å². The van der Waals surface area contributed by atoms with Crippen LogP contribution >= 0.6 is 11.8 Å². The van der Waals surface area contributed by atoms with Crippen LogP contribution in [0.3, 0.4) is 0 Å². The van der Waals surface area contributed by atoms with Gasteiger partial charge in [-0.3, -0.25) is 9.88 Å². The van der Waals surface area contributed by atoms with Crippen LogP contribution in [0.2, 0.25) is 0 Å². The molecule has 1 aromatic rings. The van der Waals surface area contributed by atoms with E-state index in [9.17, 15) is 0 Å². The van der Waals surface area contributed by atoms with Crippen LogP contribution < -0.4 is 0 Å². The lowest BCUT2D eigenvalue weighted by molar-refractivity contribution is 0.219. The standard InChI is InChI=1S/C14H22N2S/c1-3-12-4-5-13(15-10-12)11-16(2)14-6-8-17-9-7-14/h4-5,10,14H,3,6-9,11H2,1-2H3. The second-order valence-corrected chi connectivity index (χ2v) is 5.99. The van der Waals surface area contributed by atoms with Crippen molar-refractivity contribution in [3.05, 3.63) is 29.6 Å². The smallest absolute Gasteiger partial charge is 0.0544 e. The monoisotopic (exact) mass is 250 g/mol. The number of rotatable bonds is 4. The molecule has 0 aliphatic carbocycles. The van der Waals surface area contributed by atoms with Crippen LogP contribution in [0.15, 0.2) is 18.3 Å². The molecule has 0 saturated carbocycles. The summed E-state index contributed by atoms with van der Waals surface area (Å²) in [6, 6.07) is 5.13. The maximum absolute atomic E-state index is 4.54. The first-order chi connectivity index (χ1) is 8.29. The van der Waals surface area contributed by atoms with Gasteiger partial charge in [-0.2, -0.15) is 11.8 Å². The van der Waals surface area contributed by atoms with Crippen LogP contribution in [0.1, 0.15) is 31.0 Å². The molecule has 1 aromatic heterocycles. The summed E-state index contributed by atoms with van der Waals surface area (Å²) in [5, 5.41) is 0. The first kappa shape index (κ1) is 12.9. The molecule has 3 heteroatoms. The third-order valence-corrected chi connectivity index (χ3v) is 4.57. The van der Waals surface area contributed by atoms with Gasteiger partial charge in [0.2, 0.25) is 0 Å². The number of thioether (sulfide) groups is 1. The van der Waals surface area contributed by atoms with Crippen molar-refractivity contribution in [2.24, 2.45) is 0 Å². The molecule has 0 bridgehead atoms. The minimum Gasteiger partial charge on any atom is -0.298 e. The van der Waals surface area contributed by atoms with Gasteiger partial charge in [-0.25, -0.2) is 0 Å². The van der Waals surface area contributed by atoms with E-state index in [1.54, 1.807) is 0 Å². The zero-order valence-electron chi connectivity index (χ0n) is 10.9. The van der Waals surface area contributed by atoms with E-state index in [-0.39, 0.29) is 0 Å². The highest BCUT2D eigenvalue weighted by Gasteiger charge is 2.18. The summed E-state index contributed by atoms with van der Waals surface area (Å²) >= 11 is 2.09. The first-order valence-electron chi connectivity index (χ1n) is 6.51. The molecule has 17 heavy (non-hydrogen) atoms. The van der Waals surface area contributed by atoms with Gasteiger partial charge in [-0.05, 0) is 49.4 Å². The van der Waals surface area contributed by atoms with E-state index in [2.05, 4.69) is 47.7 Å². The van der Waals surface area contributed by atoms with Gasteiger partial charge in [0, 0.05) is 18.8 Å². The third-order valence-electron chi connectivity index (χ3n) is 3.52. The van der Waals surface area contributed by atoms with Crippen LogP contribution in [0.25, 0.3) is 0 Å². The van der Waals surface area contributed by atoms with Crippen molar-refractivity contribution in [2.75, 3.05) is 18.6 Å². The van der Waals surface area contributed by atoms with Crippen LogP contribution in [0.5, 0.6) is 0 Å². The second kappa shape index (κ2) is 6.41. The van der Waals surface area contributed by atoms with Gasteiger partial charge in [-0.1, -0.05) is 13.0 Å². The molecule has 0 N–H and O–H groups in total. The van der Waals surface area contributed by atoms with E-state index in [1.165, 1.54) is 35.6 Å². The van der Waals surface area contributed by atoms with Crippen molar-refractivity contribution in [3.63, 3.8) is 0 Å². The van der Waals surface area contributed by atoms with Crippen molar-refractivity contribution in [3.8, 4) is 0 Å². The highest BCUT2D eigenvalue weighted by atomic mass is 32.2. The number of nitrogens with zero attached hydrogens (tertiary/aromatic N) is 2. The Hall–Kier alpha value is -0.540. The van der Waals surface area contributed by atoms with Crippen LogP contribution in [-0.4, -0.2) is 34.5 Å². The summed E-state index contributed by atoms with van der Waals surface area (Å²) in [5.74, 6) is 2.63. The normalized spacial score (nSPS) is 17.6. The lowest BCUT2D eigenvalue weighted by atomic mass is 10.1. The Bertz CT molecular complexity index is 331. The molecule has 2 heterocycles. The molecule has 94 valence electrons. The molecular weight excluding hydrogens is 228 g/mol. The lowest BCUT2D eigenvalue weighted by Crippen LogP contribution is -2.34. The molecular formula is C14H22N2S. The Balaban J connectivity index is 1.89. The number of hydrogen-bond donors (Lipinski definition) is 0. The average Bonchev–Trinajstić information content (AvgIpc) is 2.40. The van der Waals surface area contributed by atoms with Crippen molar-refractivity contribution in [1.82, 2.24) is 9.88 Å². The zero-order valence-corrected chi connectivity index (χ0v) is 11.7. The predicted octanol–water partition coefficient (Wildman–Crippen LogP) is 2.97. The number of pyridine rings is 1. The van der Waals surface area contributed by atoms with Crippen molar-refractivity contribution in [2.45, 2.75) is 38.8 Å². The fraction of sp³-hybridized carbons (Fsp3) is 0.643. The van der Waals surface area contributed by atoms with Gasteiger partial charge in [0.15, 0.2) is 0 Å². The number of aromatic nitrogens is 1. The Morgan fingerprint density at radius 2 is 2.12 bits per heavy atom. The molecule has 0 spiro atoms. The molecule has 2 nitrogen and oxygen atoms in total. The van der Waals surface area contributed by atoms with E-state index in [0.29, 0.717) is 0 Å². The Labute approximate surface area is 109 Å². The minimum atomic E-state index is 0.754. The topological polar surface area (TPSA) is 16.1 Å². The van der Waals surface area contributed by atoms with Crippen LogP contribution in [0, 0.1) is 0 Å². The van der Waals surface area contributed by atoms with Crippen LogP contribution in [-0.2, 0) is 13.0 Å². The number of hydrogen-bond acceptors (Lipinski definition) is 3. The maximum Gasteiger partial charge on any atom is 0.0544 e. The molecule has 1 saturated heterocycles. The van der Waals surface area contributed by atoms with Crippen molar-refractivity contribution >= 4 is 11.8 Å². The molecule has 0 unspecified atom stereocenters. The second-order valence-electron chi connectivity index (χ2n) is 4.77. The Morgan fingerprint density at radius 1 is 1.35 bits per heavy atom. The SMILES string of the molecule is CCc1ccc(CN(C)C2CCSCC2)nc1.